The van der Waals surface area contributed by atoms with E-state index in [1.165, 1.54) is 38.5 Å². The SMILES string of the molecule is CO[Si](CCC(CCCN(C)C)(CCCN(C)C)CCCN(C)C)(OC)OC. The molecule has 0 radical (unpaired) electrons. The summed E-state index contributed by atoms with van der Waals surface area (Å²) in [6.45, 7) is 3.43. The zero-order valence-electron chi connectivity index (χ0n) is 20.3. The smallest absolute Gasteiger partial charge is 0.377 e. The lowest BCUT2D eigenvalue weighted by Crippen LogP contribution is -2.44. The highest BCUT2D eigenvalue weighted by Crippen LogP contribution is 2.41. The fourth-order valence-corrected chi connectivity index (χ4v) is 5.98. The summed E-state index contributed by atoms with van der Waals surface area (Å²) in [5.74, 6) is 0. The van der Waals surface area contributed by atoms with Crippen molar-refractivity contribution in [1.29, 1.82) is 0 Å². The van der Waals surface area contributed by atoms with Crippen LogP contribution < -0.4 is 0 Å². The minimum atomic E-state index is -2.54. The number of hydrogen-bond donors (Lipinski definition) is 0. The van der Waals surface area contributed by atoms with Gasteiger partial charge in [0, 0.05) is 27.4 Å². The molecule has 6 nitrogen and oxygen atoms in total. The Bertz CT molecular complexity index is 334. The molecule has 0 aliphatic rings. The van der Waals surface area contributed by atoms with Crippen LogP contribution in [0, 0.1) is 5.41 Å². The van der Waals surface area contributed by atoms with E-state index in [1.54, 1.807) is 21.3 Å². The molecule has 7 heteroatoms. The van der Waals surface area contributed by atoms with Crippen LogP contribution in [-0.2, 0) is 13.3 Å². The third-order valence-electron chi connectivity index (χ3n) is 5.83. The van der Waals surface area contributed by atoms with Crippen molar-refractivity contribution in [2.24, 2.45) is 5.41 Å². The average molecular weight is 420 g/mol. The first kappa shape index (κ1) is 28.0. The zero-order chi connectivity index (χ0) is 21.6. The molecule has 0 saturated heterocycles. The second kappa shape index (κ2) is 14.9. The van der Waals surface area contributed by atoms with Crippen LogP contribution >= 0.6 is 0 Å². The van der Waals surface area contributed by atoms with Crippen LogP contribution in [0.2, 0.25) is 6.04 Å². The summed E-state index contributed by atoms with van der Waals surface area (Å²) in [4.78, 5) is 6.88. The van der Waals surface area contributed by atoms with E-state index in [9.17, 15) is 0 Å². The van der Waals surface area contributed by atoms with Gasteiger partial charge in [-0.05, 0) is 112 Å². The zero-order valence-corrected chi connectivity index (χ0v) is 21.3. The molecular formula is C21H49N3O3Si. The summed E-state index contributed by atoms with van der Waals surface area (Å²) in [5.41, 5.74) is 0.329. The van der Waals surface area contributed by atoms with Gasteiger partial charge in [-0.2, -0.15) is 0 Å². The summed E-state index contributed by atoms with van der Waals surface area (Å²) in [7, 11) is 15.6. The van der Waals surface area contributed by atoms with E-state index < -0.39 is 8.80 Å². The van der Waals surface area contributed by atoms with E-state index in [2.05, 4.69) is 57.0 Å². The monoisotopic (exact) mass is 419 g/mol. The van der Waals surface area contributed by atoms with Crippen LogP contribution in [0.4, 0.5) is 0 Å². The molecule has 0 bridgehead atoms. The molecule has 0 unspecified atom stereocenters. The number of rotatable bonds is 18. The Morgan fingerprint density at radius 3 is 1.14 bits per heavy atom. The van der Waals surface area contributed by atoms with Gasteiger partial charge < -0.3 is 28.0 Å². The summed E-state index contributed by atoms with van der Waals surface area (Å²) in [6.07, 6.45) is 8.59. The van der Waals surface area contributed by atoms with Crippen molar-refractivity contribution in [3.8, 4) is 0 Å². The third kappa shape index (κ3) is 11.9. The van der Waals surface area contributed by atoms with Crippen molar-refractivity contribution in [1.82, 2.24) is 14.7 Å². The Labute approximate surface area is 176 Å². The fourth-order valence-electron chi connectivity index (χ4n) is 4.04. The lowest BCUT2D eigenvalue weighted by molar-refractivity contribution is 0.108. The van der Waals surface area contributed by atoms with Gasteiger partial charge >= 0.3 is 8.80 Å². The van der Waals surface area contributed by atoms with Gasteiger partial charge in [-0.1, -0.05) is 0 Å². The molecule has 0 atom stereocenters. The molecule has 0 amide bonds. The van der Waals surface area contributed by atoms with Crippen LogP contribution in [0.15, 0.2) is 0 Å². The molecule has 0 aromatic heterocycles. The minimum Gasteiger partial charge on any atom is -0.377 e. The first-order chi connectivity index (χ1) is 13.1. The molecule has 0 spiro atoms. The molecule has 170 valence electrons. The van der Waals surface area contributed by atoms with Gasteiger partial charge in [0.15, 0.2) is 0 Å². The van der Waals surface area contributed by atoms with E-state index >= 15 is 0 Å². The van der Waals surface area contributed by atoms with E-state index in [-0.39, 0.29) is 0 Å². The standard InChI is InChI=1S/C21H49N3O3Si/c1-22(2)17-10-13-21(14-11-18-23(3)4,15-12-19-24(5)6)16-20-28(25-7,26-8)27-9/h10-20H2,1-9H3. The molecule has 0 rings (SSSR count). The quantitative estimate of drug-likeness (QED) is 0.317. The molecule has 0 N–H and O–H groups in total. The summed E-state index contributed by atoms with van der Waals surface area (Å²) in [5, 5.41) is 0. The van der Waals surface area contributed by atoms with Gasteiger partial charge in [0.05, 0.1) is 0 Å². The van der Waals surface area contributed by atoms with E-state index in [1.807, 2.05) is 0 Å². The topological polar surface area (TPSA) is 37.4 Å². The summed E-state index contributed by atoms with van der Waals surface area (Å²) >= 11 is 0. The van der Waals surface area contributed by atoms with Crippen LogP contribution in [0.5, 0.6) is 0 Å². The predicted molar refractivity (Wildman–Crippen MR) is 122 cm³/mol. The van der Waals surface area contributed by atoms with Gasteiger partial charge in [0.1, 0.15) is 0 Å². The van der Waals surface area contributed by atoms with Crippen molar-refractivity contribution >= 4 is 8.80 Å². The largest absolute Gasteiger partial charge is 0.500 e. The molecule has 0 saturated carbocycles. The lowest BCUT2D eigenvalue weighted by Gasteiger charge is -2.38. The molecule has 28 heavy (non-hydrogen) atoms. The van der Waals surface area contributed by atoms with Crippen molar-refractivity contribution < 1.29 is 13.3 Å². The lowest BCUT2D eigenvalue weighted by atomic mass is 9.73. The minimum absolute atomic E-state index is 0.329. The first-order valence-corrected chi connectivity index (χ1v) is 12.7. The van der Waals surface area contributed by atoms with Crippen molar-refractivity contribution in [2.45, 2.75) is 51.0 Å². The van der Waals surface area contributed by atoms with Gasteiger partial charge in [0.2, 0.25) is 0 Å². The molecule has 0 aliphatic heterocycles. The van der Waals surface area contributed by atoms with E-state index in [0.29, 0.717) is 5.41 Å². The predicted octanol–water partition coefficient (Wildman–Crippen LogP) is 3.27. The second-order valence-electron chi connectivity index (χ2n) is 9.02. The maximum Gasteiger partial charge on any atom is 0.500 e. The third-order valence-corrected chi connectivity index (χ3v) is 8.56. The molecule has 0 aromatic carbocycles. The number of nitrogens with zero attached hydrogens (tertiary/aromatic N) is 3. The molecule has 0 aliphatic carbocycles. The Kier molecular flexibility index (Phi) is 14.9. The Morgan fingerprint density at radius 2 is 0.893 bits per heavy atom. The van der Waals surface area contributed by atoms with Gasteiger partial charge in [-0.25, -0.2) is 0 Å². The van der Waals surface area contributed by atoms with E-state index in [4.69, 9.17) is 13.3 Å². The molecular weight excluding hydrogens is 370 g/mol. The summed E-state index contributed by atoms with van der Waals surface area (Å²) < 4.78 is 17.2. The molecule has 0 heterocycles. The highest BCUT2D eigenvalue weighted by atomic mass is 28.4. The van der Waals surface area contributed by atoms with Crippen LogP contribution in [-0.4, -0.2) is 107 Å². The Hall–Kier alpha value is -0.0231. The van der Waals surface area contributed by atoms with Crippen LogP contribution in [0.25, 0.3) is 0 Å². The first-order valence-electron chi connectivity index (χ1n) is 10.7. The highest BCUT2D eigenvalue weighted by molar-refractivity contribution is 6.60. The Balaban J connectivity index is 5.30. The van der Waals surface area contributed by atoms with Gasteiger partial charge in [-0.15, -0.1) is 0 Å². The van der Waals surface area contributed by atoms with Crippen LogP contribution in [0.3, 0.4) is 0 Å². The maximum absolute atomic E-state index is 5.73. The van der Waals surface area contributed by atoms with Gasteiger partial charge in [-0.3, -0.25) is 0 Å². The van der Waals surface area contributed by atoms with Crippen LogP contribution in [0.1, 0.15) is 44.9 Å². The van der Waals surface area contributed by atoms with Crippen molar-refractivity contribution in [2.75, 3.05) is 83.2 Å². The maximum atomic E-state index is 5.73. The second-order valence-corrected chi connectivity index (χ2v) is 12.1. The van der Waals surface area contributed by atoms with Crippen molar-refractivity contribution in [3.05, 3.63) is 0 Å². The Morgan fingerprint density at radius 1 is 0.571 bits per heavy atom. The van der Waals surface area contributed by atoms with Crippen molar-refractivity contribution in [3.63, 3.8) is 0 Å². The molecule has 0 fully saturated rings. The fraction of sp³-hybridized carbons (Fsp3) is 1.00. The number of hydrogen-bond acceptors (Lipinski definition) is 6. The normalized spacial score (nSPS) is 13.3. The highest BCUT2D eigenvalue weighted by Gasteiger charge is 2.41. The van der Waals surface area contributed by atoms with Gasteiger partial charge in [0.25, 0.3) is 0 Å². The average Bonchev–Trinajstić information content (AvgIpc) is 2.62. The molecule has 0 aromatic rings. The van der Waals surface area contributed by atoms with E-state index in [0.717, 1.165) is 32.1 Å². The summed E-state index contributed by atoms with van der Waals surface area (Å²) in [6, 6.07) is 0.891.